The van der Waals surface area contributed by atoms with E-state index in [0.29, 0.717) is 17.9 Å². The largest absolute Gasteiger partial charge is 0.461 e. The number of hydrogen-bond acceptors (Lipinski definition) is 5. The maximum Gasteiger partial charge on any atom is 0.357 e. The van der Waals surface area contributed by atoms with E-state index in [2.05, 4.69) is 4.98 Å². The van der Waals surface area contributed by atoms with Gasteiger partial charge in [0.05, 0.1) is 13.2 Å². The zero-order chi connectivity index (χ0) is 18.4. The van der Waals surface area contributed by atoms with Crippen LogP contribution in [0.25, 0.3) is 10.8 Å². The number of unbranched alkanes of at least 4 members (excludes halogenated alkanes) is 1. The van der Waals surface area contributed by atoms with E-state index in [9.17, 15) is 9.90 Å². The number of aliphatic hydroxyl groups excluding tert-OH is 1. The van der Waals surface area contributed by atoms with Crippen molar-refractivity contribution in [3.05, 3.63) is 66.0 Å². The van der Waals surface area contributed by atoms with Crippen LogP contribution in [0.2, 0.25) is 0 Å². The fourth-order valence-electron chi connectivity index (χ4n) is 2.66. The molecule has 0 spiro atoms. The van der Waals surface area contributed by atoms with Crippen LogP contribution in [-0.4, -0.2) is 22.7 Å². The predicted molar refractivity (Wildman–Crippen MR) is 99.4 cm³/mol. The molecule has 0 saturated heterocycles. The van der Waals surface area contributed by atoms with Crippen LogP contribution in [-0.2, 0) is 11.3 Å². The van der Waals surface area contributed by atoms with Crippen molar-refractivity contribution in [1.82, 2.24) is 4.98 Å². The van der Waals surface area contributed by atoms with E-state index >= 15 is 0 Å². The average molecular weight is 351 g/mol. The number of carbonyl (C=O) groups excluding carboxylic acids is 1. The summed E-state index contributed by atoms with van der Waals surface area (Å²) in [6.07, 6.45) is 3.34. The number of para-hydroxylation sites is 1. The molecule has 0 atom stereocenters. The van der Waals surface area contributed by atoms with Gasteiger partial charge in [-0.05, 0) is 36.1 Å². The topological polar surface area (TPSA) is 68.7 Å². The molecule has 0 unspecified atom stereocenters. The minimum atomic E-state index is -0.506. The van der Waals surface area contributed by atoms with Crippen LogP contribution >= 0.6 is 0 Å². The number of ether oxygens (including phenoxy) is 2. The highest BCUT2D eigenvalue weighted by Crippen LogP contribution is 2.28. The van der Waals surface area contributed by atoms with E-state index in [-0.39, 0.29) is 12.3 Å². The van der Waals surface area contributed by atoms with Crippen LogP contribution in [0.1, 0.15) is 35.8 Å². The zero-order valence-electron chi connectivity index (χ0n) is 14.6. The van der Waals surface area contributed by atoms with Crippen molar-refractivity contribution in [2.45, 2.75) is 26.4 Å². The average Bonchev–Trinajstić information content (AvgIpc) is 2.67. The van der Waals surface area contributed by atoms with Gasteiger partial charge in [-0.3, -0.25) is 0 Å². The molecule has 0 bridgehead atoms. The molecule has 5 heteroatoms. The molecule has 1 aromatic heterocycles. The number of benzene rings is 2. The Bertz CT molecular complexity index is 893. The van der Waals surface area contributed by atoms with Crippen molar-refractivity contribution >= 4 is 16.7 Å². The Labute approximate surface area is 152 Å². The molecule has 3 rings (SSSR count). The maximum absolute atomic E-state index is 12.2. The van der Waals surface area contributed by atoms with Gasteiger partial charge in [0.15, 0.2) is 5.69 Å². The number of fused-ring (bicyclic) bond motifs is 1. The number of esters is 1. The molecule has 1 heterocycles. The standard InChI is InChI=1S/C21H21NO4/c1-2-3-11-25-21(24)20-19(14-23)18-10-9-17(12-15(18)13-22-20)26-16-7-5-4-6-8-16/h4-10,12-13,23H,2-3,11,14H2,1H3. The summed E-state index contributed by atoms with van der Waals surface area (Å²) in [6, 6.07) is 14.9. The monoisotopic (exact) mass is 351 g/mol. The molecule has 5 nitrogen and oxygen atoms in total. The molecule has 2 aromatic carbocycles. The van der Waals surface area contributed by atoms with Gasteiger partial charge >= 0.3 is 5.97 Å². The van der Waals surface area contributed by atoms with Crippen molar-refractivity contribution in [3.63, 3.8) is 0 Å². The van der Waals surface area contributed by atoms with Gasteiger partial charge in [-0.1, -0.05) is 37.6 Å². The second-order valence-corrected chi connectivity index (χ2v) is 5.90. The summed E-state index contributed by atoms with van der Waals surface area (Å²) in [7, 11) is 0. The molecule has 0 aliphatic rings. The first kappa shape index (κ1) is 17.9. The molecule has 0 aliphatic heterocycles. The highest BCUT2D eigenvalue weighted by Gasteiger charge is 2.17. The summed E-state index contributed by atoms with van der Waals surface area (Å²) in [4.78, 5) is 16.4. The lowest BCUT2D eigenvalue weighted by Crippen LogP contribution is -2.12. The molecule has 134 valence electrons. The first-order valence-electron chi connectivity index (χ1n) is 8.65. The molecule has 0 saturated carbocycles. The van der Waals surface area contributed by atoms with E-state index in [1.807, 2.05) is 49.4 Å². The fraction of sp³-hybridized carbons (Fsp3) is 0.238. The number of nitrogens with zero attached hydrogens (tertiary/aromatic N) is 1. The van der Waals surface area contributed by atoms with Crippen LogP contribution < -0.4 is 4.74 Å². The summed E-state index contributed by atoms with van der Waals surface area (Å²) in [5, 5.41) is 11.3. The number of aromatic nitrogens is 1. The van der Waals surface area contributed by atoms with Gasteiger partial charge in [0, 0.05) is 17.1 Å². The fourth-order valence-corrected chi connectivity index (χ4v) is 2.66. The third-order valence-electron chi connectivity index (χ3n) is 4.03. The normalized spacial score (nSPS) is 10.7. The Balaban J connectivity index is 1.89. The van der Waals surface area contributed by atoms with Crippen molar-refractivity contribution in [2.75, 3.05) is 6.61 Å². The molecule has 3 aromatic rings. The van der Waals surface area contributed by atoms with Gasteiger partial charge in [0.1, 0.15) is 11.5 Å². The lowest BCUT2D eigenvalue weighted by atomic mass is 10.0. The number of aliphatic hydroxyl groups is 1. The Morgan fingerprint density at radius 3 is 2.65 bits per heavy atom. The van der Waals surface area contributed by atoms with Crippen LogP contribution in [0.3, 0.4) is 0 Å². The van der Waals surface area contributed by atoms with Crippen LogP contribution in [0.4, 0.5) is 0 Å². The summed E-state index contributed by atoms with van der Waals surface area (Å²) >= 11 is 0. The van der Waals surface area contributed by atoms with Gasteiger partial charge in [0.2, 0.25) is 0 Å². The number of rotatable bonds is 7. The third kappa shape index (κ3) is 4.00. The Morgan fingerprint density at radius 2 is 1.92 bits per heavy atom. The van der Waals surface area contributed by atoms with E-state index in [1.54, 1.807) is 12.3 Å². The Hall–Kier alpha value is -2.92. The Kier molecular flexibility index (Phi) is 5.81. The van der Waals surface area contributed by atoms with Crippen LogP contribution in [0.5, 0.6) is 11.5 Å². The second-order valence-electron chi connectivity index (χ2n) is 5.90. The number of carbonyl (C=O) groups is 1. The van der Waals surface area contributed by atoms with Gasteiger partial charge in [-0.25, -0.2) is 9.78 Å². The van der Waals surface area contributed by atoms with E-state index in [1.165, 1.54) is 0 Å². The first-order chi connectivity index (χ1) is 12.7. The lowest BCUT2D eigenvalue weighted by molar-refractivity contribution is 0.0489. The smallest absolute Gasteiger partial charge is 0.357 e. The van der Waals surface area contributed by atoms with E-state index < -0.39 is 5.97 Å². The first-order valence-corrected chi connectivity index (χ1v) is 8.65. The van der Waals surface area contributed by atoms with Gasteiger partial charge < -0.3 is 14.6 Å². The van der Waals surface area contributed by atoms with E-state index in [4.69, 9.17) is 9.47 Å². The third-order valence-corrected chi connectivity index (χ3v) is 4.03. The molecule has 0 aliphatic carbocycles. The van der Waals surface area contributed by atoms with Gasteiger partial charge in [-0.15, -0.1) is 0 Å². The van der Waals surface area contributed by atoms with Gasteiger partial charge in [-0.2, -0.15) is 0 Å². The highest BCUT2D eigenvalue weighted by molar-refractivity contribution is 5.96. The number of pyridine rings is 1. The molecule has 0 amide bonds. The highest BCUT2D eigenvalue weighted by atomic mass is 16.5. The summed E-state index contributed by atoms with van der Waals surface area (Å²) in [5.74, 6) is 0.889. The van der Waals surface area contributed by atoms with Gasteiger partial charge in [0.25, 0.3) is 0 Å². The molecular formula is C21H21NO4. The quantitative estimate of drug-likeness (QED) is 0.502. The van der Waals surface area contributed by atoms with Crippen molar-refractivity contribution in [3.8, 4) is 11.5 Å². The van der Waals surface area contributed by atoms with Crippen LogP contribution in [0, 0.1) is 0 Å². The molecule has 0 radical (unpaired) electrons. The summed E-state index contributed by atoms with van der Waals surface area (Å²) < 4.78 is 11.0. The SMILES string of the molecule is CCCCOC(=O)c1ncc2cc(Oc3ccccc3)ccc2c1CO. The van der Waals surface area contributed by atoms with Crippen molar-refractivity contribution in [1.29, 1.82) is 0 Å². The number of hydrogen-bond donors (Lipinski definition) is 1. The summed E-state index contributed by atoms with van der Waals surface area (Å²) in [5.41, 5.74) is 0.628. The molecule has 1 N–H and O–H groups in total. The second kappa shape index (κ2) is 8.45. The maximum atomic E-state index is 12.2. The van der Waals surface area contributed by atoms with Crippen LogP contribution in [0.15, 0.2) is 54.7 Å². The summed E-state index contributed by atoms with van der Waals surface area (Å²) in [6.45, 7) is 2.08. The minimum absolute atomic E-state index is 0.160. The Morgan fingerprint density at radius 1 is 1.12 bits per heavy atom. The zero-order valence-corrected chi connectivity index (χ0v) is 14.6. The van der Waals surface area contributed by atoms with Crippen molar-refractivity contribution in [2.24, 2.45) is 0 Å². The van der Waals surface area contributed by atoms with E-state index in [0.717, 1.165) is 29.4 Å². The minimum Gasteiger partial charge on any atom is -0.461 e. The lowest BCUT2D eigenvalue weighted by Gasteiger charge is -2.11. The molecule has 26 heavy (non-hydrogen) atoms. The predicted octanol–water partition coefficient (Wildman–Crippen LogP) is 4.48. The van der Waals surface area contributed by atoms with Crippen molar-refractivity contribution < 1.29 is 19.4 Å². The molecule has 0 fully saturated rings. The molecular weight excluding hydrogens is 330 g/mol.